The van der Waals surface area contributed by atoms with E-state index in [1.807, 2.05) is 0 Å². The Hall–Kier alpha value is -2.90. The van der Waals surface area contributed by atoms with Crippen LogP contribution in [-0.4, -0.2) is 17.1 Å². The van der Waals surface area contributed by atoms with Crippen LogP contribution in [0.3, 0.4) is 0 Å². The lowest BCUT2D eigenvalue weighted by atomic mass is 10.2. The second-order valence-electron chi connectivity index (χ2n) is 3.69. The summed E-state index contributed by atoms with van der Waals surface area (Å²) in [6.45, 7) is 0. The molecule has 0 spiro atoms. The quantitative estimate of drug-likeness (QED) is 0.389. The fraction of sp³-hybridized carbons (Fsp3) is 0.0909. The molecule has 8 nitrogen and oxygen atoms in total. The Morgan fingerprint density at radius 1 is 1.47 bits per heavy atom. The second kappa shape index (κ2) is 4.77. The molecule has 2 rings (SSSR count). The molecule has 2 aromatic rings. The van der Waals surface area contributed by atoms with Gasteiger partial charge in [0.05, 0.1) is 17.1 Å². The van der Waals surface area contributed by atoms with Gasteiger partial charge in [-0.25, -0.2) is 4.79 Å². The maximum absolute atomic E-state index is 11.9. The molecule has 8 heteroatoms. The van der Waals surface area contributed by atoms with Crippen LogP contribution in [0.2, 0.25) is 0 Å². The number of aliphatic imine (C=N–C) groups is 1. The predicted octanol–water partition coefficient (Wildman–Crippen LogP) is -1.67. The molecule has 0 bridgehead atoms. The predicted molar refractivity (Wildman–Crippen MR) is 61.7 cm³/mol. The molecule has 0 aliphatic heterocycles. The molecule has 19 heavy (non-hydrogen) atoms. The number of nitrogens with one attached hydrogen (secondary N) is 1. The van der Waals surface area contributed by atoms with Crippen LogP contribution in [0.5, 0.6) is 0 Å². The molecule has 0 aliphatic rings. The third kappa shape index (κ3) is 2.37. The summed E-state index contributed by atoms with van der Waals surface area (Å²) in [7, 11) is 1.42. The number of carbonyl (C=O) groups excluding carboxylic acids is 1. The van der Waals surface area contributed by atoms with Gasteiger partial charge in [0.2, 0.25) is 0 Å². The molecule has 3 N–H and O–H groups in total. The van der Waals surface area contributed by atoms with Gasteiger partial charge in [-0.2, -0.15) is 0 Å². The van der Waals surface area contributed by atoms with Crippen LogP contribution in [-0.2, 0) is 7.05 Å². The van der Waals surface area contributed by atoms with Gasteiger partial charge < -0.3 is 10.8 Å². The molecule has 0 saturated carbocycles. The van der Waals surface area contributed by atoms with E-state index in [2.05, 4.69) is 14.8 Å². The summed E-state index contributed by atoms with van der Waals surface area (Å²) in [4.78, 5) is 26.2. The van der Waals surface area contributed by atoms with E-state index < -0.39 is 17.4 Å². The Morgan fingerprint density at radius 3 is 2.74 bits per heavy atom. The number of para-hydroxylation sites is 1. The third-order valence-electron chi connectivity index (χ3n) is 2.40. The van der Waals surface area contributed by atoms with Gasteiger partial charge >= 0.3 is 11.3 Å². The van der Waals surface area contributed by atoms with Crippen LogP contribution in [0.4, 0.5) is 5.69 Å². The molecular weight excluding hydrogens is 252 g/mol. The van der Waals surface area contributed by atoms with Gasteiger partial charge in [0.25, 0.3) is 5.91 Å². The maximum Gasteiger partial charge on any atom is 0.435 e. The number of benzene rings is 1. The van der Waals surface area contributed by atoms with E-state index in [1.54, 1.807) is 12.1 Å². The number of rotatable bonds is 3. The van der Waals surface area contributed by atoms with Crippen LogP contribution in [0.15, 0.2) is 38.6 Å². The van der Waals surface area contributed by atoms with Crippen molar-refractivity contribution in [2.45, 2.75) is 0 Å². The standard InChI is InChI=1S/C11H10N4O4/c1-15-8(11(18)19-14-15)10(17)13-7-5-3-2-4-6(7)9(12)16/h2-5H,1H3,(H3-,12,13,14,16,17,18). The van der Waals surface area contributed by atoms with Gasteiger partial charge in [-0.05, 0) is 17.4 Å². The van der Waals surface area contributed by atoms with Crippen molar-refractivity contribution >= 4 is 17.5 Å². The normalized spacial score (nSPS) is 11.5. The minimum atomic E-state index is -0.840. The highest BCUT2D eigenvalue weighted by atomic mass is 16.5. The molecule has 1 amide bonds. The number of hydrogen-bond donors (Lipinski definition) is 2. The summed E-state index contributed by atoms with van der Waals surface area (Å²) in [5.74, 6) is -1.54. The number of nitrogens with zero attached hydrogens (tertiary/aromatic N) is 2. The third-order valence-corrected chi connectivity index (χ3v) is 2.40. The van der Waals surface area contributed by atoms with E-state index in [0.717, 1.165) is 4.68 Å². The Labute approximate surface area is 106 Å². The van der Waals surface area contributed by atoms with Gasteiger partial charge in [-0.15, -0.1) is 0 Å². The van der Waals surface area contributed by atoms with Crippen molar-refractivity contribution in [3.8, 4) is 0 Å². The molecule has 1 aromatic heterocycles. The number of nitrogens with two attached hydrogens (primary N) is 1. The number of carbonyl (C=O) groups is 1. The highest BCUT2D eigenvalue weighted by Gasteiger charge is 2.18. The van der Waals surface area contributed by atoms with Crippen molar-refractivity contribution in [2.75, 3.05) is 0 Å². The van der Waals surface area contributed by atoms with Crippen LogP contribution >= 0.6 is 0 Å². The van der Waals surface area contributed by atoms with Gasteiger partial charge in [-0.3, -0.25) is 14.3 Å². The van der Waals surface area contributed by atoms with E-state index in [-0.39, 0.29) is 16.9 Å². The molecule has 0 atom stereocenters. The molecule has 1 heterocycles. The van der Waals surface area contributed by atoms with Crippen LogP contribution < -0.4 is 21.1 Å². The summed E-state index contributed by atoms with van der Waals surface area (Å²) in [5, 5.41) is 14.1. The lowest BCUT2D eigenvalue weighted by Gasteiger charge is -2.05. The van der Waals surface area contributed by atoms with Crippen LogP contribution in [0.25, 0.3) is 0 Å². The average molecular weight is 262 g/mol. The topological polar surface area (TPSA) is 128 Å². The molecule has 0 saturated heterocycles. The van der Waals surface area contributed by atoms with Crippen molar-refractivity contribution in [1.82, 2.24) is 5.27 Å². The monoisotopic (exact) mass is 262 g/mol. The van der Waals surface area contributed by atoms with Crippen molar-refractivity contribution in [2.24, 2.45) is 17.8 Å². The number of primary amides is 1. The van der Waals surface area contributed by atoms with Crippen molar-refractivity contribution < 1.29 is 19.1 Å². The second-order valence-corrected chi connectivity index (χ2v) is 3.69. The first-order chi connectivity index (χ1) is 9.00. The molecule has 0 unspecified atom stereocenters. The fourth-order valence-corrected chi connectivity index (χ4v) is 1.51. The number of aromatic amines is 1. The Kier molecular flexibility index (Phi) is 3.15. The maximum atomic E-state index is 11.9. The summed E-state index contributed by atoms with van der Waals surface area (Å²) >= 11 is 0. The van der Waals surface area contributed by atoms with Gasteiger partial charge in [-0.1, -0.05) is 16.8 Å². The van der Waals surface area contributed by atoms with E-state index in [1.165, 1.54) is 19.2 Å². The summed E-state index contributed by atoms with van der Waals surface area (Å²) < 4.78 is 5.54. The summed E-state index contributed by atoms with van der Waals surface area (Å²) in [5.41, 5.74) is 4.24. The molecular formula is C11H10N4O4. The Morgan fingerprint density at radius 2 is 2.16 bits per heavy atom. The zero-order chi connectivity index (χ0) is 14.0. The number of aromatic nitrogens is 2. The lowest BCUT2D eigenvalue weighted by Crippen LogP contribution is -2.43. The summed E-state index contributed by atoms with van der Waals surface area (Å²) in [6, 6.07) is 6.08. The first-order valence-corrected chi connectivity index (χ1v) is 5.23. The van der Waals surface area contributed by atoms with E-state index in [0.29, 0.717) is 0 Å². The van der Waals surface area contributed by atoms with Crippen LogP contribution in [0, 0.1) is 0 Å². The van der Waals surface area contributed by atoms with E-state index in [4.69, 9.17) is 5.73 Å². The first-order valence-electron chi connectivity index (χ1n) is 5.23. The number of aryl methyl sites for hydroxylation is 1. The smallest absolute Gasteiger partial charge is 0.435 e. The van der Waals surface area contributed by atoms with E-state index in [9.17, 15) is 14.7 Å². The molecule has 0 radical (unpaired) electrons. The number of amides is 1. The molecule has 0 aliphatic carbocycles. The highest BCUT2D eigenvalue weighted by molar-refractivity contribution is 5.99. The minimum Gasteiger partial charge on any atom is -0.854 e. The van der Waals surface area contributed by atoms with Gasteiger partial charge in [0.15, 0.2) is 7.05 Å². The van der Waals surface area contributed by atoms with Crippen molar-refractivity contribution in [3.05, 3.63) is 45.9 Å². The average Bonchev–Trinajstić information content (AvgIpc) is 2.69. The largest absolute Gasteiger partial charge is 0.854 e. The fourth-order valence-electron chi connectivity index (χ4n) is 1.51. The lowest BCUT2D eigenvalue weighted by molar-refractivity contribution is -0.742. The number of H-pyrrole nitrogens is 1. The zero-order valence-corrected chi connectivity index (χ0v) is 9.91. The Bertz CT molecular complexity index is 713. The van der Waals surface area contributed by atoms with Crippen molar-refractivity contribution in [1.29, 1.82) is 0 Å². The first kappa shape index (κ1) is 12.6. The minimum absolute atomic E-state index is 0.0958. The van der Waals surface area contributed by atoms with Crippen LogP contribution in [0.1, 0.15) is 16.1 Å². The number of hydrogen-bond acceptors (Lipinski definition) is 5. The van der Waals surface area contributed by atoms with Gasteiger partial charge in [0, 0.05) is 0 Å². The summed E-state index contributed by atoms with van der Waals surface area (Å²) in [6.07, 6.45) is 0. The highest BCUT2D eigenvalue weighted by Crippen LogP contribution is 2.17. The van der Waals surface area contributed by atoms with Crippen molar-refractivity contribution in [3.63, 3.8) is 0 Å². The molecule has 0 fully saturated rings. The zero-order valence-electron chi connectivity index (χ0n) is 9.91. The Balaban J connectivity index is 2.53. The van der Waals surface area contributed by atoms with E-state index >= 15 is 0 Å². The molecule has 1 aromatic carbocycles. The van der Waals surface area contributed by atoms with Gasteiger partial charge in [0.1, 0.15) is 0 Å². The SMILES string of the molecule is C[n+]1[nH]oc(=O)c1C([O-])=Nc1ccccc1C(N)=O. The molecule has 98 valence electrons.